The molecular formula is C25H31N3OS. The molecule has 2 heterocycles. The summed E-state index contributed by atoms with van der Waals surface area (Å²) in [6, 6.07) is 19.2. The molecule has 5 heteroatoms. The molecule has 2 aromatic carbocycles. The fraction of sp³-hybridized carbons (Fsp3) is 0.440. The summed E-state index contributed by atoms with van der Waals surface area (Å²) in [5.41, 5.74) is 3.45. The van der Waals surface area contributed by atoms with Crippen LogP contribution in [0.1, 0.15) is 45.1 Å². The number of amides is 1. The second-order valence-corrected chi connectivity index (χ2v) is 9.43. The Balaban J connectivity index is 1.54. The highest BCUT2D eigenvalue weighted by Crippen LogP contribution is 2.30. The summed E-state index contributed by atoms with van der Waals surface area (Å²) in [7, 11) is 0. The lowest BCUT2D eigenvalue weighted by Gasteiger charge is -2.36. The molecule has 1 aromatic heterocycles. The molecule has 0 N–H and O–H groups in total. The summed E-state index contributed by atoms with van der Waals surface area (Å²) in [6.45, 7) is 5.98. The zero-order valence-electron chi connectivity index (χ0n) is 18.0. The van der Waals surface area contributed by atoms with Crippen molar-refractivity contribution in [3.8, 4) is 0 Å². The Hall–Kier alpha value is -2.27. The van der Waals surface area contributed by atoms with E-state index in [1.807, 2.05) is 13.0 Å². The Morgan fingerprint density at radius 1 is 1.13 bits per heavy atom. The van der Waals surface area contributed by atoms with Crippen molar-refractivity contribution in [3.63, 3.8) is 0 Å². The fourth-order valence-electron chi connectivity index (χ4n) is 4.40. The summed E-state index contributed by atoms with van der Waals surface area (Å²) < 4.78 is 2.28. The first-order valence-corrected chi connectivity index (χ1v) is 12.0. The molecule has 158 valence electrons. The highest BCUT2D eigenvalue weighted by atomic mass is 32.2. The van der Waals surface area contributed by atoms with Gasteiger partial charge in [-0.05, 0) is 56.7 Å². The normalized spacial score (nSPS) is 17.9. The van der Waals surface area contributed by atoms with Gasteiger partial charge in [0.15, 0.2) is 5.16 Å². The maximum atomic E-state index is 13.2. The van der Waals surface area contributed by atoms with E-state index in [0.717, 1.165) is 55.0 Å². The lowest BCUT2D eigenvalue weighted by Crippen LogP contribution is -2.46. The van der Waals surface area contributed by atoms with Crippen molar-refractivity contribution in [2.45, 2.75) is 68.9 Å². The standard InChI is InChI=1S/C25H31N3OS/c1-3-21-13-9-10-17-27(21)24(29)19(2)30-25-26-22-14-7-8-15-23(22)28(25)18-16-20-11-5-4-6-12-20/h4-8,11-12,14-15,19,21H,3,9-10,13,16-18H2,1-2H3. The van der Waals surface area contributed by atoms with Crippen LogP contribution in [0.4, 0.5) is 0 Å². The quantitative estimate of drug-likeness (QED) is 0.469. The Bertz CT molecular complexity index is 984. The molecule has 0 bridgehead atoms. The summed E-state index contributed by atoms with van der Waals surface area (Å²) in [5, 5.41) is 0.808. The third-order valence-electron chi connectivity index (χ3n) is 6.10. The first-order chi connectivity index (χ1) is 14.7. The van der Waals surface area contributed by atoms with Gasteiger partial charge in [-0.2, -0.15) is 0 Å². The van der Waals surface area contributed by atoms with E-state index in [-0.39, 0.29) is 11.2 Å². The Morgan fingerprint density at radius 2 is 1.90 bits per heavy atom. The van der Waals surface area contributed by atoms with Crippen molar-refractivity contribution >= 4 is 28.7 Å². The summed E-state index contributed by atoms with van der Waals surface area (Å²) >= 11 is 1.61. The van der Waals surface area contributed by atoms with Gasteiger partial charge in [0.1, 0.15) is 0 Å². The molecule has 1 aliphatic rings. The molecule has 4 nitrogen and oxygen atoms in total. The number of rotatable bonds is 7. The van der Waals surface area contributed by atoms with Crippen LogP contribution in [0, 0.1) is 0 Å². The number of aromatic nitrogens is 2. The van der Waals surface area contributed by atoms with Crippen LogP contribution in [0.15, 0.2) is 59.8 Å². The van der Waals surface area contributed by atoms with Crippen LogP contribution in [-0.4, -0.2) is 38.2 Å². The van der Waals surface area contributed by atoms with Crippen molar-refractivity contribution in [1.29, 1.82) is 0 Å². The number of para-hydroxylation sites is 2. The zero-order chi connectivity index (χ0) is 20.9. The molecule has 1 amide bonds. The van der Waals surface area contributed by atoms with Crippen LogP contribution < -0.4 is 0 Å². The molecule has 0 spiro atoms. The molecule has 1 aliphatic heterocycles. The van der Waals surface area contributed by atoms with Crippen LogP contribution >= 0.6 is 11.8 Å². The molecule has 0 saturated carbocycles. The third-order valence-corrected chi connectivity index (χ3v) is 7.18. The second kappa shape index (κ2) is 9.69. The van der Waals surface area contributed by atoms with Crippen molar-refractivity contribution in [1.82, 2.24) is 14.5 Å². The lowest BCUT2D eigenvalue weighted by molar-refractivity contribution is -0.134. The largest absolute Gasteiger partial charge is 0.339 e. The van der Waals surface area contributed by atoms with Gasteiger partial charge in [-0.3, -0.25) is 4.79 Å². The number of hydrogen-bond donors (Lipinski definition) is 0. The monoisotopic (exact) mass is 421 g/mol. The summed E-state index contributed by atoms with van der Waals surface area (Å²) in [6.07, 6.45) is 5.48. The first kappa shape index (κ1) is 21.0. The van der Waals surface area contributed by atoms with Gasteiger partial charge >= 0.3 is 0 Å². The van der Waals surface area contributed by atoms with Crippen LogP contribution in [0.25, 0.3) is 11.0 Å². The van der Waals surface area contributed by atoms with Crippen molar-refractivity contribution in [2.75, 3.05) is 6.54 Å². The van der Waals surface area contributed by atoms with Gasteiger partial charge in [-0.1, -0.05) is 61.2 Å². The van der Waals surface area contributed by atoms with Crippen LogP contribution in [0.5, 0.6) is 0 Å². The van der Waals surface area contributed by atoms with Gasteiger partial charge in [-0.15, -0.1) is 0 Å². The van der Waals surface area contributed by atoms with Crippen molar-refractivity contribution in [2.24, 2.45) is 0 Å². The average Bonchev–Trinajstić information content (AvgIpc) is 3.14. The maximum Gasteiger partial charge on any atom is 0.236 e. The number of piperidine rings is 1. The number of imidazole rings is 1. The molecule has 2 unspecified atom stereocenters. The molecular weight excluding hydrogens is 390 g/mol. The van der Waals surface area contributed by atoms with E-state index in [0.29, 0.717) is 6.04 Å². The Morgan fingerprint density at radius 3 is 2.70 bits per heavy atom. The van der Waals surface area contributed by atoms with Crippen LogP contribution in [0.2, 0.25) is 0 Å². The number of aryl methyl sites for hydroxylation is 2. The molecule has 4 rings (SSSR count). The van der Waals surface area contributed by atoms with E-state index in [9.17, 15) is 4.79 Å². The summed E-state index contributed by atoms with van der Waals surface area (Å²) in [5.74, 6) is 0.258. The van der Waals surface area contributed by atoms with Gasteiger partial charge in [0.25, 0.3) is 0 Å². The number of nitrogens with zero attached hydrogens (tertiary/aromatic N) is 3. The number of carbonyl (C=O) groups is 1. The van der Waals surface area contributed by atoms with Gasteiger partial charge in [0.05, 0.1) is 16.3 Å². The van der Waals surface area contributed by atoms with E-state index in [1.54, 1.807) is 11.8 Å². The zero-order valence-corrected chi connectivity index (χ0v) is 18.8. The van der Waals surface area contributed by atoms with Gasteiger partial charge in [0, 0.05) is 19.1 Å². The highest BCUT2D eigenvalue weighted by molar-refractivity contribution is 8.00. The minimum Gasteiger partial charge on any atom is -0.339 e. The second-order valence-electron chi connectivity index (χ2n) is 8.12. The average molecular weight is 422 g/mol. The number of hydrogen-bond acceptors (Lipinski definition) is 3. The Labute approximate surface area is 183 Å². The molecule has 3 aromatic rings. The number of benzene rings is 2. The molecule has 2 atom stereocenters. The van der Waals surface area contributed by atoms with Crippen molar-refractivity contribution in [3.05, 3.63) is 60.2 Å². The third kappa shape index (κ3) is 4.56. The van der Waals surface area contributed by atoms with Crippen molar-refractivity contribution < 1.29 is 4.79 Å². The van der Waals surface area contributed by atoms with Crippen LogP contribution in [-0.2, 0) is 17.8 Å². The van der Waals surface area contributed by atoms with E-state index < -0.39 is 0 Å². The molecule has 1 fully saturated rings. The molecule has 0 radical (unpaired) electrons. The SMILES string of the molecule is CCC1CCCCN1C(=O)C(C)Sc1nc2ccccc2n1CCc1ccccc1. The number of likely N-dealkylation sites (tertiary alicyclic amines) is 1. The highest BCUT2D eigenvalue weighted by Gasteiger charge is 2.30. The fourth-order valence-corrected chi connectivity index (χ4v) is 5.42. The van der Waals surface area contributed by atoms with Gasteiger partial charge in [-0.25, -0.2) is 4.98 Å². The van der Waals surface area contributed by atoms with Gasteiger partial charge < -0.3 is 9.47 Å². The predicted octanol–water partition coefficient (Wildman–Crippen LogP) is 5.55. The number of carbonyl (C=O) groups excluding carboxylic acids is 1. The minimum absolute atomic E-state index is 0.135. The van der Waals surface area contributed by atoms with E-state index in [2.05, 4.69) is 64.9 Å². The lowest BCUT2D eigenvalue weighted by atomic mass is 10.00. The minimum atomic E-state index is -0.135. The predicted molar refractivity (Wildman–Crippen MR) is 125 cm³/mol. The van der Waals surface area contributed by atoms with E-state index in [4.69, 9.17) is 4.98 Å². The molecule has 30 heavy (non-hydrogen) atoms. The smallest absolute Gasteiger partial charge is 0.236 e. The van der Waals surface area contributed by atoms with E-state index in [1.165, 1.54) is 12.0 Å². The summed E-state index contributed by atoms with van der Waals surface area (Å²) in [4.78, 5) is 20.3. The topological polar surface area (TPSA) is 38.1 Å². The number of fused-ring (bicyclic) bond motifs is 1. The molecule has 0 aliphatic carbocycles. The number of thioether (sulfide) groups is 1. The van der Waals surface area contributed by atoms with Crippen LogP contribution in [0.3, 0.4) is 0 Å². The molecule has 1 saturated heterocycles. The Kier molecular flexibility index (Phi) is 6.78. The van der Waals surface area contributed by atoms with Gasteiger partial charge in [0.2, 0.25) is 5.91 Å². The first-order valence-electron chi connectivity index (χ1n) is 11.1. The van der Waals surface area contributed by atoms with E-state index >= 15 is 0 Å². The maximum absolute atomic E-state index is 13.2.